The molecule has 0 radical (unpaired) electrons. The van der Waals surface area contributed by atoms with Crippen LogP contribution in [-0.4, -0.2) is 33.6 Å². The monoisotopic (exact) mass is 244 g/mol. The SMILES string of the molecule is CCC(C)(O)/C(=C/C#N)SC[C@H](N)C(=O)O. The van der Waals surface area contributed by atoms with E-state index in [4.69, 9.17) is 16.1 Å². The topological polar surface area (TPSA) is 107 Å². The van der Waals surface area contributed by atoms with Crippen LogP contribution in [0.25, 0.3) is 0 Å². The summed E-state index contributed by atoms with van der Waals surface area (Å²) in [6.07, 6.45) is 1.67. The maximum Gasteiger partial charge on any atom is 0.321 e. The summed E-state index contributed by atoms with van der Waals surface area (Å²) in [5.41, 5.74) is 4.22. The van der Waals surface area contributed by atoms with Gasteiger partial charge in [-0.05, 0) is 13.3 Å². The van der Waals surface area contributed by atoms with Crippen LogP contribution in [-0.2, 0) is 4.79 Å². The summed E-state index contributed by atoms with van der Waals surface area (Å²) >= 11 is 1.10. The van der Waals surface area contributed by atoms with Gasteiger partial charge in [-0.2, -0.15) is 5.26 Å². The fraction of sp³-hybridized carbons (Fsp3) is 0.600. The zero-order valence-electron chi connectivity index (χ0n) is 9.30. The van der Waals surface area contributed by atoms with Gasteiger partial charge in [-0.25, -0.2) is 0 Å². The number of allylic oxidation sites excluding steroid dienone is 1. The molecule has 0 aliphatic rings. The van der Waals surface area contributed by atoms with Gasteiger partial charge >= 0.3 is 5.97 Å². The molecule has 0 aliphatic heterocycles. The van der Waals surface area contributed by atoms with Crippen molar-refractivity contribution in [3.05, 3.63) is 11.0 Å². The van der Waals surface area contributed by atoms with E-state index in [9.17, 15) is 9.90 Å². The lowest BCUT2D eigenvalue weighted by Crippen LogP contribution is -2.33. The van der Waals surface area contributed by atoms with Crippen LogP contribution < -0.4 is 5.73 Å². The van der Waals surface area contributed by atoms with Crippen molar-refractivity contribution in [3.63, 3.8) is 0 Å². The largest absolute Gasteiger partial charge is 0.480 e. The second kappa shape index (κ2) is 6.53. The highest BCUT2D eigenvalue weighted by Gasteiger charge is 2.25. The van der Waals surface area contributed by atoms with Crippen molar-refractivity contribution in [2.45, 2.75) is 31.9 Å². The minimum absolute atomic E-state index is 0.124. The molecule has 0 heterocycles. The van der Waals surface area contributed by atoms with Gasteiger partial charge in [0.25, 0.3) is 0 Å². The predicted molar refractivity (Wildman–Crippen MR) is 62.7 cm³/mol. The molecule has 0 bridgehead atoms. The van der Waals surface area contributed by atoms with Crippen LogP contribution in [0, 0.1) is 11.3 Å². The van der Waals surface area contributed by atoms with E-state index in [1.165, 1.54) is 6.08 Å². The molecule has 0 saturated heterocycles. The first-order valence-electron chi connectivity index (χ1n) is 4.79. The Labute approximate surface area is 98.9 Å². The normalized spacial score (nSPS) is 17.3. The third-order valence-electron chi connectivity index (χ3n) is 2.15. The van der Waals surface area contributed by atoms with Gasteiger partial charge < -0.3 is 15.9 Å². The van der Waals surface area contributed by atoms with Crippen LogP contribution in [0.4, 0.5) is 0 Å². The van der Waals surface area contributed by atoms with Gasteiger partial charge in [-0.3, -0.25) is 4.79 Å². The summed E-state index contributed by atoms with van der Waals surface area (Å²) in [5.74, 6) is -0.973. The lowest BCUT2D eigenvalue weighted by atomic mass is 10.0. The molecule has 0 spiro atoms. The lowest BCUT2D eigenvalue weighted by molar-refractivity contribution is -0.137. The van der Waals surface area contributed by atoms with Crippen LogP contribution in [0.1, 0.15) is 20.3 Å². The van der Waals surface area contributed by atoms with E-state index >= 15 is 0 Å². The first kappa shape index (κ1) is 15.0. The molecular formula is C10H16N2O3S. The molecule has 6 heteroatoms. The van der Waals surface area contributed by atoms with Crippen molar-refractivity contribution in [2.24, 2.45) is 5.73 Å². The van der Waals surface area contributed by atoms with Crippen LogP contribution in [0.2, 0.25) is 0 Å². The minimum atomic E-state index is -1.11. The Morgan fingerprint density at radius 1 is 1.75 bits per heavy atom. The van der Waals surface area contributed by atoms with Crippen LogP contribution >= 0.6 is 11.8 Å². The number of carboxylic acids is 1. The van der Waals surface area contributed by atoms with Crippen LogP contribution in [0.5, 0.6) is 0 Å². The molecule has 0 aromatic heterocycles. The second-order valence-electron chi connectivity index (χ2n) is 3.52. The number of nitrogens with zero attached hydrogens (tertiary/aromatic N) is 1. The molecule has 4 N–H and O–H groups in total. The number of thioether (sulfide) groups is 1. The fourth-order valence-electron chi connectivity index (χ4n) is 0.836. The fourth-order valence-corrected chi connectivity index (χ4v) is 1.93. The molecule has 2 atom stereocenters. The van der Waals surface area contributed by atoms with E-state index in [0.29, 0.717) is 11.3 Å². The number of aliphatic hydroxyl groups is 1. The highest BCUT2D eigenvalue weighted by atomic mass is 32.2. The molecule has 1 unspecified atom stereocenters. The summed E-state index contributed by atoms with van der Waals surface area (Å²) in [5, 5.41) is 27.1. The lowest BCUT2D eigenvalue weighted by Gasteiger charge is -2.24. The Morgan fingerprint density at radius 2 is 2.31 bits per heavy atom. The number of hydrogen-bond donors (Lipinski definition) is 3. The summed E-state index contributed by atoms with van der Waals surface area (Å²) < 4.78 is 0. The smallest absolute Gasteiger partial charge is 0.321 e. The first-order chi connectivity index (χ1) is 7.35. The van der Waals surface area contributed by atoms with E-state index in [1.807, 2.05) is 6.07 Å². The van der Waals surface area contributed by atoms with Crippen molar-refractivity contribution < 1.29 is 15.0 Å². The third kappa shape index (κ3) is 4.66. The zero-order valence-corrected chi connectivity index (χ0v) is 10.1. The van der Waals surface area contributed by atoms with Crippen molar-refractivity contribution >= 4 is 17.7 Å². The van der Waals surface area contributed by atoms with Crippen molar-refractivity contribution in [1.82, 2.24) is 0 Å². The second-order valence-corrected chi connectivity index (χ2v) is 4.58. The predicted octanol–water partition coefficient (Wildman–Crippen LogP) is 0.700. The van der Waals surface area contributed by atoms with Gasteiger partial charge in [0.2, 0.25) is 0 Å². The number of nitrogens with two attached hydrogens (primary N) is 1. The molecule has 0 fully saturated rings. The number of rotatable bonds is 6. The molecule has 16 heavy (non-hydrogen) atoms. The average molecular weight is 244 g/mol. The van der Waals surface area contributed by atoms with Crippen LogP contribution in [0.3, 0.4) is 0 Å². The molecule has 5 nitrogen and oxygen atoms in total. The standard InChI is InChI=1S/C10H16N2O3S/c1-3-10(2,15)8(4-5-11)16-6-7(12)9(13)14/h4,7,15H,3,6,12H2,1-2H3,(H,13,14)/b8-4-/t7-,10?/m0/s1. The van der Waals surface area contributed by atoms with Gasteiger partial charge in [0.15, 0.2) is 0 Å². The highest BCUT2D eigenvalue weighted by molar-refractivity contribution is 8.03. The summed E-state index contributed by atoms with van der Waals surface area (Å²) in [7, 11) is 0. The van der Waals surface area contributed by atoms with Gasteiger partial charge in [-0.15, -0.1) is 11.8 Å². The molecule has 0 aromatic rings. The van der Waals surface area contributed by atoms with E-state index in [1.54, 1.807) is 13.8 Å². The average Bonchev–Trinajstić information content (AvgIpc) is 2.23. The molecule has 0 amide bonds. The quantitative estimate of drug-likeness (QED) is 0.594. The number of nitriles is 1. The Hall–Kier alpha value is -1.03. The zero-order chi connectivity index (χ0) is 12.8. The Balaban J connectivity index is 4.57. The van der Waals surface area contributed by atoms with Crippen molar-refractivity contribution in [1.29, 1.82) is 5.26 Å². The van der Waals surface area contributed by atoms with Gasteiger partial charge in [0.05, 0.1) is 11.7 Å². The van der Waals surface area contributed by atoms with Gasteiger partial charge in [0.1, 0.15) is 6.04 Å². The maximum absolute atomic E-state index is 10.5. The van der Waals surface area contributed by atoms with E-state index in [0.717, 1.165) is 11.8 Å². The van der Waals surface area contributed by atoms with Crippen LogP contribution in [0.15, 0.2) is 11.0 Å². The highest BCUT2D eigenvalue weighted by Crippen LogP contribution is 2.30. The molecule has 0 saturated carbocycles. The third-order valence-corrected chi connectivity index (χ3v) is 3.54. The number of aliphatic carboxylic acids is 1. The maximum atomic E-state index is 10.5. The minimum Gasteiger partial charge on any atom is -0.480 e. The summed E-state index contributed by atoms with van der Waals surface area (Å²) in [6, 6.07) is 0.830. The molecule has 0 aromatic carbocycles. The summed E-state index contributed by atoms with van der Waals surface area (Å²) in [4.78, 5) is 10.9. The molecular weight excluding hydrogens is 228 g/mol. The first-order valence-corrected chi connectivity index (χ1v) is 5.77. The number of carboxylic acid groups (broad SMARTS) is 1. The summed E-state index contributed by atoms with van der Waals surface area (Å²) in [6.45, 7) is 3.36. The van der Waals surface area contributed by atoms with Crippen molar-refractivity contribution in [2.75, 3.05) is 5.75 Å². The molecule has 0 rings (SSSR count). The van der Waals surface area contributed by atoms with Gasteiger partial charge in [-0.1, -0.05) is 6.92 Å². The van der Waals surface area contributed by atoms with E-state index in [2.05, 4.69) is 0 Å². The molecule has 90 valence electrons. The van der Waals surface area contributed by atoms with Crippen molar-refractivity contribution in [3.8, 4) is 6.07 Å². The number of hydrogen-bond acceptors (Lipinski definition) is 5. The van der Waals surface area contributed by atoms with E-state index in [-0.39, 0.29) is 5.75 Å². The number of carbonyl (C=O) groups is 1. The van der Waals surface area contributed by atoms with E-state index < -0.39 is 17.6 Å². The molecule has 0 aliphatic carbocycles. The Morgan fingerprint density at radius 3 is 2.69 bits per heavy atom. The Bertz CT molecular complexity index is 321. The van der Waals surface area contributed by atoms with Gasteiger partial charge in [0, 0.05) is 16.7 Å². The Kier molecular flexibility index (Phi) is 6.11.